The van der Waals surface area contributed by atoms with Crippen molar-refractivity contribution in [1.82, 2.24) is 10.2 Å². The first kappa shape index (κ1) is 21.0. The highest BCUT2D eigenvalue weighted by Crippen LogP contribution is 2.25. The Balaban J connectivity index is 1.63. The zero-order valence-electron chi connectivity index (χ0n) is 17.0. The minimum Gasteiger partial charge on any atom is -0.449 e. The van der Waals surface area contributed by atoms with Crippen LogP contribution in [0.15, 0.2) is 18.2 Å². The summed E-state index contributed by atoms with van der Waals surface area (Å²) in [7, 11) is 0. The molecule has 0 saturated heterocycles. The van der Waals surface area contributed by atoms with Crippen molar-refractivity contribution in [2.75, 3.05) is 6.54 Å². The molecule has 1 atom stereocenters. The number of carbonyl (C=O) groups is 4. The van der Waals surface area contributed by atoms with Crippen molar-refractivity contribution in [2.45, 2.75) is 70.9 Å². The molecule has 0 radical (unpaired) electrons. The van der Waals surface area contributed by atoms with Gasteiger partial charge in [-0.15, -0.1) is 0 Å². The van der Waals surface area contributed by atoms with E-state index in [0.717, 1.165) is 38.5 Å². The van der Waals surface area contributed by atoms with Crippen LogP contribution in [0.5, 0.6) is 0 Å². The van der Waals surface area contributed by atoms with Crippen LogP contribution in [0.1, 0.15) is 89.9 Å². The number of fused-ring (bicyclic) bond motifs is 1. The lowest BCUT2D eigenvalue weighted by Gasteiger charge is -2.24. The first-order valence-corrected chi connectivity index (χ1v) is 10.4. The number of nitrogens with one attached hydrogen (secondary N) is 1. The van der Waals surface area contributed by atoms with Gasteiger partial charge in [-0.05, 0) is 44.4 Å². The van der Waals surface area contributed by atoms with Crippen LogP contribution in [0.25, 0.3) is 0 Å². The van der Waals surface area contributed by atoms with Crippen molar-refractivity contribution in [2.24, 2.45) is 0 Å². The molecule has 7 heteroatoms. The van der Waals surface area contributed by atoms with Gasteiger partial charge in [0.25, 0.3) is 17.7 Å². The Morgan fingerprint density at radius 2 is 1.83 bits per heavy atom. The van der Waals surface area contributed by atoms with Crippen LogP contribution in [0.4, 0.5) is 0 Å². The first-order valence-electron chi connectivity index (χ1n) is 10.4. The summed E-state index contributed by atoms with van der Waals surface area (Å²) in [5.41, 5.74) is 0.658. The number of esters is 1. The number of rotatable bonds is 7. The average molecular weight is 400 g/mol. The maximum absolute atomic E-state index is 12.5. The maximum Gasteiger partial charge on any atom is 0.338 e. The van der Waals surface area contributed by atoms with E-state index in [0.29, 0.717) is 12.1 Å². The van der Waals surface area contributed by atoms with Crippen LogP contribution < -0.4 is 5.32 Å². The standard InChI is InChI=1S/C22H28N2O5/c1-3-4-12-24-20(26)17-11-10-15(13-18(17)21(24)27)22(28)29-14(2)19(25)23-16-8-6-5-7-9-16/h10-11,13-14,16H,3-9,12H2,1-2H3,(H,23,25)/t14-/m1/s1. The van der Waals surface area contributed by atoms with Gasteiger partial charge < -0.3 is 10.1 Å². The second kappa shape index (κ2) is 9.20. The van der Waals surface area contributed by atoms with Gasteiger partial charge in [-0.1, -0.05) is 32.6 Å². The summed E-state index contributed by atoms with van der Waals surface area (Å²) < 4.78 is 5.29. The van der Waals surface area contributed by atoms with Crippen molar-refractivity contribution in [3.05, 3.63) is 34.9 Å². The van der Waals surface area contributed by atoms with Crippen molar-refractivity contribution in [3.63, 3.8) is 0 Å². The lowest BCUT2D eigenvalue weighted by molar-refractivity contribution is -0.130. The fourth-order valence-electron chi connectivity index (χ4n) is 3.78. The molecule has 1 fully saturated rings. The predicted molar refractivity (Wildman–Crippen MR) is 107 cm³/mol. The summed E-state index contributed by atoms with van der Waals surface area (Å²) >= 11 is 0. The molecule has 0 aromatic heterocycles. The van der Waals surface area contributed by atoms with E-state index in [2.05, 4.69) is 5.32 Å². The normalized spacial score (nSPS) is 17.8. The largest absolute Gasteiger partial charge is 0.449 e. The van der Waals surface area contributed by atoms with E-state index >= 15 is 0 Å². The molecular formula is C22H28N2O5. The van der Waals surface area contributed by atoms with E-state index in [1.807, 2.05) is 6.92 Å². The zero-order chi connectivity index (χ0) is 21.0. The molecule has 3 amide bonds. The Bertz CT molecular complexity index is 813. The smallest absolute Gasteiger partial charge is 0.338 e. The monoisotopic (exact) mass is 400 g/mol. The minimum absolute atomic E-state index is 0.134. The highest BCUT2D eigenvalue weighted by molar-refractivity contribution is 6.22. The van der Waals surface area contributed by atoms with Crippen LogP contribution in [0.2, 0.25) is 0 Å². The van der Waals surface area contributed by atoms with E-state index in [1.54, 1.807) is 0 Å². The number of nitrogens with zero attached hydrogens (tertiary/aromatic N) is 1. The van der Waals surface area contributed by atoms with E-state index < -0.39 is 18.0 Å². The summed E-state index contributed by atoms with van der Waals surface area (Å²) in [6, 6.07) is 4.46. The quantitative estimate of drug-likeness (QED) is 0.561. The van der Waals surface area contributed by atoms with Crippen molar-refractivity contribution in [1.29, 1.82) is 0 Å². The number of hydrogen-bond acceptors (Lipinski definition) is 5. The highest BCUT2D eigenvalue weighted by atomic mass is 16.5. The Kier molecular flexibility index (Phi) is 6.67. The number of carbonyl (C=O) groups excluding carboxylic acids is 4. The molecule has 1 saturated carbocycles. The molecule has 1 aromatic carbocycles. The molecular weight excluding hydrogens is 372 g/mol. The van der Waals surface area contributed by atoms with Crippen molar-refractivity contribution >= 4 is 23.7 Å². The minimum atomic E-state index is -0.934. The molecule has 2 aliphatic rings. The van der Waals surface area contributed by atoms with E-state index in [9.17, 15) is 19.2 Å². The van der Waals surface area contributed by atoms with E-state index in [1.165, 1.54) is 36.4 Å². The third kappa shape index (κ3) is 4.66. The Morgan fingerprint density at radius 3 is 2.52 bits per heavy atom. The summed E-state index contributed by atoms with van der Waals surface area (Å²) in [6.45, 7) is 3.88. The predicted octanol–water partition coefficient (Wildman–Crippen LogP) is 3.08. The van der Waals surface area contributed by atoms with Crippen LogP contribution in [-0.4, -0.2) is 47.3 Å². The number of hydrogen-bond donors (Lipinski definition) is 1. The second-order valence-corrected chi connectivity index (χ2v) is 7.77. The first-order chi connectivity index (χ1) is 13.9. The van der Waals surface area contributed by atoms with Gasteiger partial charge in [-0.25, -0.2) is 4.79 Å². The fourth-order valence-corrected chi connectivity index (χ4v) is 3.78. The molecule has 1 heterocycles. The number of ether oxygens (including phenoxy) is 1. The zero-order valence-corrected chi connectivity index (χ0v) is 17.0. The highest BCUT2D eigenvalue weighted by Gasteiger charge is 2.35. The average Bonchev–Trinajstić information content (AvgIpc) is 2.96. The second-order valence-electron chi connectivity index (χ2n) is 7.77. The Morgan fingerprint density at radius 1 is 1.14 bits per heavy atom. The molecule has 1 N–H and O–H groups in total. The molecule has 0 spiro atoms. The molecule has 29 heavy (non-hydrogen) atoms. The third-order valence-electron chi connectivity index (χ3n) is 5.55. The topological polar surface area (TPSA) is 92.8 Å². The molecule has 156 valence electrons. The van der Waals surface area contributed by atoms with Gasteiger partial charge in [0.15, 0.2) is 6.10 Å². The number of imide groups is 1. The fraction of sp³-hybridized carbons (Fsp3) is 0.545. The van der Waals surface area contributed by atoms with Gasteiger partial charge in [0.1, 0.15) is 0 Å². The molecule has 1 aliphatic carbocycles. The van der Waals surface area contributed by atoms with Crippen LogP contribution in [0.3, 0.4) is 0 Å². The number of amides is 3. The molecule has 1 aromatic rings. The molecule has 7 nitrogen and oxygen atoms in total. The summed E-state index contributed by atoms with van der Waals surface area (Å²) in [5.74, 6) is -1.73. The van der Waals surface area contributed by atoms with E-state index in [-0.39, 0.29) is 29.0 Å². The van der Waals surface area contributed by atoms with Crippen LogP contribution in [-0.2, 0) is 9.53 Å². The lowest BCUT2D eigenvalue weighted by atomic mass is 9.95. The summed E-state index contributed by atoms with van der Waals surface area (Å²) in [4.78, 5) is 50.9. The van der Waals surface area contributed by atoms with Gasteiger partial charge >= 0.3 is 5.97 Å². The molecule has 3 rings (SSSR count). The van der Waals surface area contributed by atoms with Gasteiger partial charge in [0.2, 0.25) is 0 Å². The van der Waals surface area contributed by atoms with Gasteiger partial charge in [-0.2, -0.15) is 0 Å². The van der Waals surface area contributed by atoms with Crippen molar-refractivity contribution in [3.8, 4) is 0 Å². The van der Waals surface area contributed by atoms with E-state index in [4.69, 9.17) is 4.74 Å². The van der Waals surface area contributed by atoms with Crippen LogP contribution in [0, 0.1) is 0 Å². The van der Waals surface area contributed by atoms with Crippen LogP contribution >= 0.6 is 0 Å². The Hall–Kier alpha value is -2.70. The van der Waals surface area contributed by atoms with Gasteiger partial charge in [0.05, 0.1) is 16.7 Å². The summed E-state index contributed by atoms with van der Waals surface area (Å²) in [6.07, 6.45) is 5.93. The van der Waals surface area contributed by atoms with Crippen molar-refractivity contribution < 1.29 is 23.9 Å². The SMILES string of the molecule is CCCCN1C(=O)c2ccc(C(=O)O[C@H](C)C(=O)NC3CCCCC3)cc2C1=O. The number of benzene rings is 1. The Labute approximate surface area is 170 Å². The van der Waals surface area contributed by atoms with Gasteiger partial charge in [0, 0.05) is 12.6 Å². The third-order valence-corrected chi connectivity index (χ3v) is 5.55. The number of unbranched alkanes of at least 4 members (excludes halogenated alkanes) is 1. The lowest BCUT2D eigenvalue weighted by Crippen LogP contribution is -2.42. The maximum atomic E-state index is 12.5. The molecule has 0 unspecified atom stereocenters. The molecule has 0 bridgehead atoms. The summed E-state index contributed by atoms with van der Waals surface area (Å²) in [5, 5.41) is 2.93. The van der Waals surface area contributed by atoms with Gasteiger partial charge in [-0.3, -0.25) is 19.3 Å². The molecule has 1 aliphatic heterocycles.